The van der Waals surface area contributed by atoms with E-state index in [0.717, 1.165) is 46.6 Å². The van der Waals surface area contributed by atoms with E-state index in [4.69, 9.17) is 0 Å². The molecule has 6 nitrogen and oxygen atoms in total. The van der Waals surface area contributed by atoms with Crippen LogP contribution in [0, 0.1) is 0 Å². The molecule has 3 atom stereocenters. The summed E-state index contributed by atoms with van der Waals surface area (Å²) in [4.78, 5) is 24.4. The Labute approximate surface area is 212 Å². The van der Waals surface area contributed by atoms with Crippen LogP contribution >= 0.6 is 0 Å². The Bertz CT molecular complexity index is 1440. The van der Waals surface area contributed by atoms with Crippen LogP contribution in [0.15, 0.2) is 91.0 Å². The van der Waals surface area contributed by atoms with Gasteiger partial charge in [-0.15, -0.1) is 0 Å². The molecule has 0 heterocycles. The van der Waals surface area contributed by atoms with Crippen molar-refractivity contribution in [2.24, 2.45) is 0 Å². The molecule has 0 radical (unpaired) electrons. The summed E-state index contributed by atoms with van der Waals surface area (Å²) < 4.78 is 24.5. The Kier molecular flexibility index (Phi) is 6.93. The molecule has 1 aliphatic rings. The summed E-state index contributed by atoms with van der Waals surface area (Å²) in [5.74, 6) is -0.211. The van der Waals surface area contributed by atoms with Crippen LogP contribution in [0.25, 0.3) is 10.8 Å². The molecule has 1 amide bonds. The first-order valence-corrected chi connectivity index (χ1v) is 12.9. The summed E-state index contributed by atoms with van der Waals surface area (Å²) in [6.07, 6.45) is 2.36. The molecular formula is C29H26N2O4S. The summed E-state index contributed by atoms with van der Waals surface area (Å²) in [6, 6.07) is 27.4. The van der Waals surface area contributed by atoms with Gasteiger partial charge in [-0.2, -0.15) is 0 Å². The summed E-state index contributed by atoms with van der Waals surface area (Å²) in [5, 5.41) is 5.08. The number of fused-ring (bicyclic) bond motifs is 2. The Hall–Kier alpha value is -3.81. The summed E-state index contributed by atoms with van der Waals surface area (Å²) >= 11 is -2.37. The smallest absolute Gasteiger partial charge is 0.262 e. The van der Waals surface area contributed by atoms with Crippen molar-refractivity contribution in [3.8, 4) is 0 Å². The fraction of sp³-hybridized carbons (Fsp3) is 0.172. The lowest BCUT2D eigenvalue weighted by molar-refractivity contribution is -0.122. The van der Waals surface area contributed by atoms with E-state index in [-0.39, 0.29) is 18.4 Å². The molecule has 4 aromatic carbocycles. The first-order chi connectivity index (χ1) is 17.5. The van der Waals surface area contributed by atoms with Crippen molar-refractivity contribution in [1.29, 1.82) is 0 Å². The van der Waals surface area contributed by atoms with E-state index in [9.17, 15) is 18.4 Å². The molecule has 182 valence electrons. The number of anilines is 1. The number of carbonyl (C=O) groups excluding carboxylic acids is 2. The molecule has 5 rings (SSSR count). The standard InChI is InChI=1S/C29H26N2O4S/c32-19-20-10-14-26-24(16-20)12-15-27(26)30-29(33)18-28(22-7-2-1-3-8-22)31(36(34)35)25-13-11-21-6-4-5-9-23(21)17-25/h1-11,13-14,16-17,19,27-28H,12,15,18H2,(H,30,33)(H,34,35). The highest BCUT2D eigenvalue weighted by molar-refractivity contribution is 7.80. The van der Waals surface area contributed by atoms with Crippen LogP contribution in [0.4, 0.5) is 5.69 Å². The maximum atomic E-state index is 13.3. The van der Waals surface area contributed by atoms with Gasteiger partial charge in [-0.25, -0.2) is 4.21 Å². The average Bonchev–Trinajstić information content (AvgIpc) is 3.30. The molecule has 0 aromatic heterocycles. The van der Waals surface area contributed by atoms with Crippen LogP contribution in [0.5, 0.6) is 0 Å². The number of nitrogens with zero attached hydrogens (tertiary/aromatic N) is 1. The zero-order valence-electron chi connectivity index (χ0n) is 19.5. The second kappa shape index (κ2) is 10.4. The molecule has 4 aromatic rings. The fourth-order valence-electron chi connectivity index (χ4n) is 4.99. The van der Waals surface area contributed by atoms with Crippen molar-refractivity contribution in [2.45, 2.75) is 31.3 Å². The lowest BCUT2D eigenvalue weighted by Crippen LogP contribution is -2.36. The Morgan fingerprint density at radius 2 is 1.75 bits per heavy atom. The van der Waals surface area contributed by atoms with Crippen molar-refractivity contribution in [3.63, 3.8) is 0 Å². The van der Waals surface area contributed by atoms with E-state index in [1.54, 1.807) is 6.07 Å². The molecule has 0 aliphatic heterocycles. The molecule has 0 fully saturated rings. The Morgan fingerprint density at radius 3 is 2.50 bits per heavy atom. The van der Waals surface area contributed by atoms with Crippen LogP contribution in [-0.2, 0) is 22.5 Å². The van der Waals surface area contributed by atoms with Crippen LogP contribution in [-0.4, -0.2) is 21.0 Å². The predicted octanol–water partition coefficient (Wildman–Crippen LogP) is 5.53. The van der Waals surface area contributed by atoms with Crippen molar-refractivity contribution in [3.05, 3.63) is 113 Å². The number of aryl methyl sites for hydroxylation is 1. The van der Waals surface area contributed by atoms with Crippen molar-refractivity contribution in [2.75, 3.05) is 4.31 Å². The third kappa shape index (κ3) is 4.94. The number of nitrogens with one attached hydrogen (secondary N) is 1. The van der Waals surface area contributed by atoms with Gasteiger partial charge < -0.3 is 5.32 Å². The number of carbonyl (C=O) groups is 2. The molecule has 0 saturated heterocycles. The van der Waals surface area contributed by atoms with Gasteiger partial charge in [0.25, 0.3) is 11.3 Å². The minimum atomic E-state index is -2.37. The van der Waals surface area contributed by atoms with Gasteiger partial charge in [0.15, 0.2) is 0 Å². The van der Waals surface area contributed by atoms with Gasteiger partial charge in [0.1, 0.15) is 6.29 Å². The highest BCUT2D eigenvalue weighted by atomic mass is 32.2. The lowest BCUT2D eigenvalue weighted by Gasteiger charge is -2.30. The van der Waals surface area contributed by atoms with E-state index in [1.807, 2.05) is 84.9 Å². The molecular weight excluding hydrogens is 472 g/mol. The quantitative estimate of drug-likeness (QED) is 0.247. The van der Waals surface area contributed by atoms with E-state index in [1.165, 1.54) is 4.31 Å². The highest BCUT2D eigenvalue weighted by Gasteiger charge is 2.30. The SMILES string of the molecule is O=Cc1ccc2c(c1)CCC2NC(=O)CC(c1ccccc1)N(c1ccc2ccccc2c1)S(=O)O. The Morgan fingerprint density at radius 1 is 1.00 bits per heavy atom. The number of hydrogen-bond donors (Lipinski definition) is 2. The fourth-order valence-corrected chi connectivity index (χ4v) is 5.70. The van der Waals surface area contributed by atoms with E-state index < -0.39 is 17.3 Å². The molecule has 7 heteroatoms. The van der Waals surface area contributed by atoms with E-state index in [0.29, 0.717) is 11.3 Å². The molecule has 2 N–H and O–H groups in total. The second-order valence-corrected chi connectivity index (χ2v) is 9.81. The molecule has 0 saturated carbocycles. The second-order valence-electron chi connectivity index (χ2n) is 8.95. The first kappa shape index (κ1) is 23.9. The van der Waals surface area contributed by atoms with Gasteiger partial charge in [-0.1, -0.05) is 72.8 Å². The largest absolute Gasteiger partial charge is 0.349 e. The van der Waals surface area contributed by atoms with Crippen LogP contribution in [0.2, 0.25) is 0 Å². The number of aldehydes is 1. The number of hydrogen-bond acceptors (Lipinski definition) is 3. The van der Waals surface area contributed by atoms with Crippen molar-refractivity contribution >= 4 is 39.9 Å². The van der Waals surface area contributed by atoms with Gasteiger partial charge in [0.2, 0.25) is 5.91 Å². The highest BCUT2D eigenvalue weighted by Crippen LogP contribution is 2.35. The molecule has 0 bridgehead atoms. The Balaban J connectivity index is 1.44. The third-order valence-corrected chi connectivity index (χ3v) is 7.52. The normalized spacial score (nSPS) is 16.2. The van der Waals surface area contributed by atoms with Gasteiger partial charge in [-0.05, 0) is 58.5 Å². The van der Waals surface area contributed by atoms with Gasteiger partial charge >= 0.3 is 0 Å². The van der Waals surface area contributed by atoms with E-state index >= 15 is 0 Å². The number of benzene rings is 4. The summed E-state index contributed by atoms with van der Waals surface area (Å²) in [6.45, 7) is 0. The maximum absolute atomic E-state index is 13.3. The van der Waals surface area contributed by atoms with Crippen LogP contribution in [0.3, 0.4) is 0 Å². The zero-order chi connectivity index (χ0) is 25.1. The lowest BCUT2D eigenvalue weighted by atomic mass is 10.0. The first-order valence-electron chi connectivity index (χ1n) is 11.8. The molecule has 36 heavy (non-hydrogen) atoms. The third-order valence-electron chi connectivity index (χ3n) is 6.72. The maximum Gasteiger partial charge on any atom is 0.262 e. The van der Waals surface area contributed by atoms with Crippen molar-refractivity contribution < 1.29 is 18.4 Å². The minimum Gasteiger partial charge on any atom is -0.349 e. The summed E-state index contributed by atoms with van der Waals surface area (Å²) in [7, 11) is 0. The van der Waals surface area contributed by atoms with E-state index in [2.05, 4.69) is 5.32 Å². The molecule has 0 spiro atoms. The average molecular weight is 499 g/mol. The van der Waals surface area contributed by atoms with Gasteiger partial charge in [-0.3, -0.25) is 18.4 Å². The topological polar surface area (TPSA) is 86.7 Å². The van der Waals surface area contributed by atoms with Gasteiger partial charge in [0.05, 0.1) is 24.2 Å². The zero-order valence-corrected chi connectivity index (χ0v) is 20.4. The monoisotopic (exact) mass is 498 g/mol. The predicted molar refractivity (Wildman–Crippen MR) is 142 cm³/mol. The number of amides is 1. The van der Waals surface area contributed by atoms with Crippen LogP contribution in [0.1, 0.15) is 52.0 Å². The summed E-state index contributed by atoms with van der Waals surface area (Å²) in [5.41, 5.74) is 4.04. The van der Waals surface area contributed by atoms with Crippen LogP contribution < -0.4 is 9.62 Å². The number of rotatable bonds is 8. The van der Waals surface area contributed by atoms with Gasteiger partial charge in [0, 0.05) is 5.56 Å². The molecule has 3 unspecified atom stereocenters. The molecule has 1 aliphatic carbocycles. The minimum absolute atomic E-state index is 0.00138. The van der Waals surface area contributed by atoms with Crippen molar-refractivity contribution in [1.82, 2.24) is 5.32 Å².